The lowest BCUT2D eigenvalue weighted by Gasteiger charge is -2.14. The van der Waals surface area contributed by atoms with Crippen molar-refractivity contribution in [1.82, 2.24) is 4.90 Å². The van der Waals surface area contributed by atoms with Crippen molar-refractivity contribution in [2.75, 3.05) is 25.4 Å². The predicted molar refractivity (Wildman–Crippen MR) is 101 cm³/mol. The number of hydrogen-bond donors (Lipinski definition) is 1. The second-order valence-electron chi connectivity index (χ2n) is 5.41. The van der Waals surface area contributed by atoms with Crippen LogP contribution in [0, 0.1) is 0 Å². The lowest BCUT2D eigenvalue weighted by atomic mass is 10.2. The molecule has 0 radical (unpaired) electrons. The number of anilines is 1. The number of carbonyl (C=O) groups excluding carboxylic acids is 1. The third-order valence-corrected chi connectivity index (χ3v) is 5.18. The molecule has 2 aromatic rings. The number of carbonyl (C=O) groups is 1. The molecule has 0 aliphatic rings. The molecule has 0 unspecified atom stereocenters. The Morgan fingerprint density at radius 3 is 2.36 bits per heavy atom. The molecule has 1 N–H and O–H groups in total. The molecule has 6 nitrogen and oxygen atoms in total. The molecule has 0 saturated heterocycles. The van der Waals surface area contributed by atoms with Crippen LogP contribution in [-0.4, -0.2) is 39.9 Å². The normalized spacial score (nSPS) is 11.0. The highest BCUT2D eigenvalue weighted by molar-refractivity contribution is 9.10. The number of sulfonamides is 1. The van der Waals surface area contributed by atoms with Crippen molar-refractivity contribution in [2.45, 2.75) is 11.8 Å². The molecule has 0 saturated carbocycles. The zero-order valence-corrected chi connectivity index (χ0v) is 16.5. The molecule has 0 aliphatic carbocycles. The molecule has 25 heavy (non-hydrogen) atoms. The van der Waals surface area contributed by atoms with Gasteiger partial charge in [-0.15, -0.1) is 0 Å². The van der Waals surface area contributed by atoms with Crippen LogP contribution in [0.2, 0.25) is 0 Å². The van der Waals surface area contributed by atoms with E-state index >= 15 is 0 Å². The lowest BCUT2D eigenvalue weighted by molar-refractivity contribution is 0.0827. The largest absolute Gasteiger partial charge is 0.492 e. The molecule has 2 rings (SSSR count). The van der Waals surface area contributed by atoms with Crippen LogP contribution in [0.1, 0.15) is 17.3 Å². The molecule has 0 aliphatic heterocycles. The van der Waals surface area contributed by atoms with Gasteiger partial charge in [-0.2, -0.15) is 0 Å². The minimum atomic E-state index is -3.84. The van der Waals surface area contributed by atoms with E-state index in [1.165, 1.54) is 11.0 Å². The van der Waals surface area contributed by atoms with Crippen LogP contribution in [-0.2, 0) is 10.0 Å². The quantitative estimate of drug-likeness (QED) is 0.767. The number of rotatable bonds is 6. The van der Waals surface area contributed by atoms with Crippen molar-refractivity contribution in [3.8, 4) is 5.75 Å². The van der Waals surface area contributed by atoms with Gasteiger partial charge >= 0.3 is 0 Å². The van der Waals surface area contributed by atoms with Gasteiger partial charge in [0.1, 0.15) is 10.6 Å². The Labute approximate surface area is 156 Å². The summed E-state index contributed by atoms with van der Waals surface area (Å²) in [6, 6.07) is 11.0. The molecular weight excluding hydrogens is 408 g/mol. The lowest BCUT2D eigenvalue weighted by Crippen LogP contribution is -2.21. The van der Waals surface area contributed by atoms with Crippen molar-refractivity contribution >= 4 is 37.5 Å². The fourth-order valence-corrected chi connectivity index (χ4v) is 3.86. The highest BCUT2D eigenvalue weighted by Crippen LogP contribution is 2.29. The highest BCUT2D eigenvalue weighted by atomic mass is 79.9. The van der Waals surface area contributed by atoms with Crippen LogP contribution in [0.15, 0.2) is 51.8 Å². The number of hydrogen-bond acceptors (Lipinski definition) is 4. The predicted octanol–water partition coefficient (Wildman–Crippen LogP) is 3.35. The van der Waals surface area contributed by atoms with Crippen LogP contribution in [0.25, 0.3) is 0 Å². The van der Waals surface area contributed by atoms with Crippen LogP contribution in [0.3, 0.4) is 0 Å². The maximum absolute atomic E-state index is 12.7. The first kappa shape index (κ1) is 19.3. The van der Waals surface area contributed by atoms with Gasteiger partial charge in [-0.3, -0.25) is 9.52 Å². The van der Waals surface area contributed by atoms with Gasteiger partial charge in [0.05, 0.1) is 6.61 Å². The summed E-state index contributed by atoms with van der Waals surface area (Å²) in [5.41, 5.74) is 0.836. The summed E-state index contributed by atoms with van der Waals surface area (Å²) in [6.45, 7) is 2.14. The van der Waals surface area contributed by atoms with E-state index in [2.05, 4.69) is 20.7 Å². The monoisotopic (exact) mass is 426 g/mol. The SMILES string of the molecule is CCOc1ccc(Br)cc1S(=O)(=O)Nc1ccc(C(=O)N(C)C)cc1. The first-order valence-corrected chi connectivity index (χ1v) is 9.79. The van der Waals surface area contributed by atoms with E-state index in [0.29, 0.717) is 22.3 Å². The van der Waals surface area contributed by atoms with Gasteiger partial charge in [0, 0.05) is 29.8 Å². The van der Waals surface area contributed by atoms with E-state index in [1.807, 2.05) is 0 Å². The molecule has 0 spiro atoms. The van der Waals surface area contributed by atoms with Crippen molar-refractivity contribution in [2.24, 2.45) is 0 Å². The number of amides is 1. The maximum Gasteiger partial charge on any atom is 0.265 e. The average molecular weight is 427 g/mol. The second-order valence-corrected chi connectivity index (χ2v) is 7.97. The molecule has 1 amide bonds. The van der Waals surface area contributed by atoms with Crippen molar-refractivity contribution < 1.29 is 17.9 Å². The first-order valence-electron chi connectivity index (χ1n) is 7.51. The van der Waals surface area contributed by atoms with E-state index in [9.17, 15) is 13.2 Å². The standard InChI is InChI=1S/C17H19BrN2O4S/c1-4-24-15-10-7-13(18)11-16(15)25(22,23)19-14-8-5-12(6-9-14)17(21)20(2)3/h5-11,19H,4H2,1-3H3. The first-order chi connectivity index (χ1) is 11.7. The summed E-state index contributed by atoms with van der Waals surface area (Å²) < 4.78 is 33.9. The minimum absolute atomic E-state index is 0.0390. The molecule has 2 aromatic carbocycles. The van der Waals surface area contributed by atoms with Gasteiger partial charge in [0.15, 0.2) is 0 Å². The average Bonchev–Trinajstić information content (AvgIpc) is 2.56. The van der Waals surface area contributed by atoms with Gasteiger partial charge in [-0.05, 0) is 49.4 Å². The summed E-state index contributed by atoms with van der Waals surface area (Å²) in [6.07, 6.45) is 0. The van der Waals surface area contributed by atoms with Gasteiger partial charge in [-0.25, -0.2) is 8.42 Å². The molecule has 134 valence electrons. The third-order valence-electron chi connectivity index (χ3n) is 3.29. The summed E-state index contributed by atoms with van der Waals surface area (Å²) >= 11 is 3.27. The highest BCUT2D eigenvalue weighted by Gasteiger charge is 2.20. The fraction of sp³-hybridized carbons (Fsp3) is 0.235. The number of benzene rings is 2. The molecule has 0 heterocycles. The van der Waals surface area contributed by atoms with Gasteiger partial charge < -0.3 is 9.64 Å². The number of nitrogens with zero attached hydrogens (tertiary/aromatic N) is 1. The van der Waals surface area contributed by atoms with Gasteiger partial charge in [0.2, 0.25) is 0 Å². The van der Waals surface area contributed by atoms with E-state index in [0.717, 1.165) is 0 Å². The fourth-order valence-electron chi connectivity index (χ4n) is 2.12. The summed E-state index contributed by atoms with van der Waals surface area (Å²) in [4.78, 5) is 13.4. The van der Waals surface area contributed by atoms with E-state index in [-0.39, 0.29) is 16.6 Å². The molecular formula is C17H19BrN2O4S. The van der Waals surface area contributed by atoms with E-state index in [4.69, 9.17) is 4.74 Å². The topological polar surface area (TPSA) is 75.7 Å². The van der Waals surface area contributed by atoms with Crippen LogP contribution >= 0.6 is 15.9 Å². The molecule has 0 aromatic heterocycles. The Hall–Kier alpha value is -2.06. The summed E-state index contributed by atoms with van der Waals surface area (Å²) in [5.74, 6) is 0.123. The number of halogens is 1. The molecule has 0 bridgehead atoms. The minimum Gasteiger partial charge on any atom is -0.492 e. The van der Waals surface area contributed by atoms with Crippen LogP contribution in [0.5, 0.6) is 5.75 Å². The molecule has 8 heteroatoms. The third kappa shape index (κ3) is 4.73. The Morgan fingerprint density at radius 1 is 1.16 bits per heavy atom. The Balaban J connectivity index is 2.30. The number of ether oxygens (including phenoxy) is 1. The molecule has 0 fully saturated rings. The Bertz CT molecular complexity index is 865. The summed E-state index contributed by atoms with van der Waals surface area (Å²) in [7, 11) is -0.530. The van der Waals surface area contributed by atoms with E-state index in [1.54, 1.807) is 57.4 Å². The van der Waals surface area contributed by atoms with E-state index < -0.39 is 10.0 Å². The van der Waals surface area contributed by atoms with Crippen LogP contribution in [0.4, 0.5) is 5.69 Å². The van der Waals surface area contributed by atoms with Gasteiger partial charge in [0.25, 0.3) is 15.9 Å². The van der Waals surface area contributed by atoms with Gasteiger partial charge in [-0.1, -0.05) is 15.9 Å². The maximum atomic E-state index is 12.7. The van der Waals surface area contributed by atoms with Crippen molar-refractivity contribution in [3.05, 3.63) is 52.5 Å². The smallest absolute Gasteiger partial charge is 0.265 e. The molecule has 0 atom stereocenters. The summed E-state index contributed by atoms with van der Waals surface area (Å²) in [5, 5.41) is 0. The Kier molecular flexibility index (Phi) is 6.07. The number of nitrogens with one attached hydrogen (secondary N) is 1. The Morgan fingerprint density at radius 2 is 1.80 bits per heavy atom. The van der Waals surface area contributed by atoms with Crippen LogP contribution < -0.4 is 9.46 Å². The zero-order valence-electron chi connectivity index (χ0n) is 14.1. The second kappa shape index (κ2) is 7.88. The van der Waals surface area contributed by atoms with Crippen molar-refractivity contribution in [1.29, 1.82) is 0 Å². The zero-order chi connectivity index (χ0) is 18.6. The van der Waals surface area contributed by atoms with Crippen molar-refractivity contribution in [3.63, 3.8) is 0 Å².